The first-order valence-corrected chi connectivity index (χ1v) is 12.5. The maximum atomic E-state index is 14.2. The second-order valence-electron chi connectivity index (χ2n) is 9.01. The molecule has 3 aromatic carbocycles. The summed E-state index contributed by atoms with van der Waals surface area (Å²) in [5.74, 6) is 0.389. The Morgan fingerprint density at radius 2 is 1.65 bits per heavy atom. The second-order valence-corrected chi connectivity index (χ2v) is 9.01. The highest BCUT2D eigenvalue weighted by Gasteiger charge is 2.29. The highest BCUT2D eigenvalue weighted by Crippen LogP contribution is 2.28. The van der Waals surface area contributed by atoms with Crippen molar-refractivity contribution in [2.24, 2.45) is 0 Å². The third-order valence-electron chi connectivity index (χ3n) is 6.83. The van der Waals surface area contributed by atoms with Crippen LogP contribution >= 0.6 is 0 Å². The molecule has 2 heterocycles. The fourth-order valence-electron chi connectivity index (χ4n) is 4.86. The van der Waals surface area contributed by atoms with Crippen LogP contribution in [0.25, 0.3) is 16.6 Å². The summed E-state index contributed by atoms with van der Waals surface area (Å²) in [6, 6.07) is 20.6. The van der Waals surface area contributed by atoms with E-state index in [2.05, 4.69) is 4.90 Å². The first-order chi connectivity index (χ1) is 18.0. The molecule has 1 saturated heterocycles. The number of hydrogen-bond donors (Lipinski definition) is 0. The standard InChI is InChI=1S/C29H29FN4O3/c1-3-37-26-15-9-8-14-25(26)34-27(31-24-13-7-5-11-22(24)29(34)36)20(2)32-16-18-33(19-17-32)28(35)21-10-4-6-12-23(21)30/h4-15,20H,3,16-19H2,1-2H3. The molecule has 8 heteroatoms. The number of ether oxygens (including phenoxy) is 1. The van der Waals surface area contributed by atoms with Crippen molar-refractivity contribution in [1.29, 1.82) is 0 Å². The van der Waals surface area contributed by atoms with Crippen molar-refractivity contribution in [3.63, 3.8) is 0 Å². The van der Waals surface area contributed by atoms with Gasteiger partial charge in [0.05, 0.1) is 34.8 Å². The molecule has 37 heavy (non-hydrogen) atoms. The Balaban J connectivity index is 1.48. The van der Waals surface area contributed by atoms with E-state index in [1.165, 1.54) is 12.1 Å². The van der Waals surface area contributed by atoms with Gasteiger partial charge in [-0.3, -0.25) is 19.1 Å². The van der Waals surface area contributed by atoms with Gasteiger partial charge in [-0.25, -0.2) is 9.37 Å². The first kappa shape index (κ1) is 24.6. The number of aromatic nitrogens is 2. The topological polar surface area (TPSA) is 67.7 Å². The molecule has 0 bridgehead atoms. The van der Waals surface area contributed by atoms with Gasteiger partial charge in [0.15, 0.2) is 0 Å². The summed E-state index contributed by atoms with van der Waals surface area (Å²) in [6.45, 7) is 6.42. The van der Waals surface area contributed by atoms with Gasteiger partial charge in [-0.2, -0.15) is 0 Å². The summed E-state index contributed by atoms with van der Waals surface area (Å²) >= 11 is 0. The van der Waals surface area contributed by atoms with Crippen LogP contribution in [0.4, 0.5) is 4.39 Å². The second kappa shape index (κ2) is 10.5. The lowest BCUT2D eigenvalue weighted by Gasteiger charge is -2.38. The summed E-state index contributed by atoms with van der Waals surface area (Å²) in [6.07, 6.45) is 0. The van der Waals surface area contributed by atoms with Crippen molar-refractivity contribution in [2.75, 3.05) is 32.8 Å². The predicted octanol–water partition coefficient (Wildman–Crippen LogP) is 4.44. The zero-order valence-electron chi connectivity index (χ0n) is 20.9. The van der Waals surface area contributed by atoms with Crippen LogP contribution in [0.5, 0.6) is 5.75 Å². The highest BCUT2D eigenvalue weighted by atomic mass is 19.1. The molecule has 1 aliphatic rings. The molecule has 0 aliphatic carbocycles. The quantitative estimate of drug-likeness (QED) is 0.392. The molecular formula is C29H29FN4O3. The monoisotopic (exact) mass is 500 g/mol. The average molecular weight is 501 g/mol. The molecule has 1 fully saturated rings. The number of piperazine rings is 1. The van der Waals surface area contributed by atoms with E-state index in [0.717, 1.165) is 0 Å². The van der Waals surface area contributed by atoms with Gasteiger partial charge in [0.25, 0.3) is 11.5 Å². The molecule has 0 N–H and O–H groups in total. The summed E-state index contributed by atoms with van der Waals surface area (Å²) < 4.78 is 21.7. The Bertz CT molecular complexity index is 1490. The van der Waals surface area contributed by atoms with Crippen molar-refractivity contribution in [3.05, 3.63) is 100 Å². The number of carbonyl (C=O) groups excluding carboxylic acids is 1. The van der Waals surface area contributed by atoms with Crippen LogP contribution in [-0.4, -0.2) is 58.0 Å². The largest absolute Gasteiger partial charge is 0.492 e. The molecule has 1 aliphatic heterocycles. The molecule has 1 atom stereocenters. The van der Waals surface area contributed by atoms with Crippen molar-refractivity contribution in [3.8, 4) is 11.4 Å². The van der Waals surface area contributed by atoms with E-state index in [4.69, 9.17) is 9.72 Å². The van der Waals surface area contributed by atoms with Gasteiger partial charge in [-0.05, 0) is 50.2 Å². The van der Waals surface area contributed by atoms with Gasteiger partial charge in [-0.1, -0.05) is 36.4 Å². The summed E-state index contributed by atoms with van der Waals surface area (Å²) in [7, 11) is 0. The van der Waals surface area contributed by atoms with Gasteiger partial charge in [0, 0.05) is 26.2 Å². The lowest BCUT2D eigenvalue weighted by Crippen LogP contribution is -2.50. The maximum absolute atomic E-state index is 14.2. The molecule has 7 nitrogen and oxygen atoms in total. The minimum Gasteiger partial charge on any atom is -0.492 e. The highest BCUT2D eigenvalue weighted by molar-refractivity contribution is 5.94. The molecule has 190 valence electrons. The van der Waals surface area contributed by atoms with Gasteiger partial charge < -0.3 is 9.64 Å². The number of nitrogens with zero attached hydrogens (tertiary/aromatic N) is 4. The van der Waals surface area contributed by atoms with Crippen LogP contribution in [0.3, 0.4) is 0 Å². The SMILES string of the molecule is CCOc1ccccc1-n1c(C(C)N2CCN(C(=O)c3ccccc3F)CC2)nc2ccccc2c1=O. The van der Waals surface area contributed by atoms with Gasteiger partial charge in [0.1, 0.15) is 17.4 Å². The first-order valence-electron chi connectivity index (χ1n) is 12.5. The van der Waals surface area contributed by atoms with Crippen molar-refractivity contribution < 1.29 is 13.9 Å². The minimum atomic E-state index is -0.513. The van der Waals surface area contributed by atoms with Crippen molar-refractivity contribution in [1.82, 2.24) is 19.4 Å². The van der Waals surface area contributed by atoms with Crippen LogP contribution < -0.4 is 10.3 Å². The minimum absolute atomic E-state index is 0.0848. The molecule has 0 spiro atoms. The van der Waals surface area contributed by atoms with Crippen LogP contribution in [-0.2, 0) is 0 Å². The summed E-state index contributed by atoms with van der Waals surface area (Å²) in [5, 5.41) is 0.532. The summed E-state index contributed by atoms with van der Waals surface area (Å²) in [4.78, 5) is 35.5. The van der Waals surface area contributed by atoms with Gasteiger partial charge >= 0.3 is 0 Å². The lowest BCUT2D eigenvalue weighted by molar-refractivity contribution is 0.0569. The number of amides is 1. The Hall–Kier alpha value is -4.04. The van der Waals surface area contributed by atoms with Gasteiger partial charge in [-0.15, -0.1) is 0 Å². The summed E-state index contributed by atoms with van der Waals surface area (Å²) in [5.41, 5.74) is 1.20. The van der Waals surface area contributed by atoms with E-state index in [-0.39, 0.29) is 23.1 Å². The third-order valence-corrected chi connectivity index (χ3v) is 6.83. The Morgan fingerprint density at radius 1 is 0.973 bits per heavy atom. The molecule has 1 aromatic heterocycles. The van der Waals surface area contributed by atoms with E-state index in [9.17, 15) is 14.0 Å². The molecule has 4 aromatic rings. The molecule has 0 saturated carbocycles. The van der Waals surface area contributed by atoms with E-state index >= 15 is 0 Å². The molecular weight excluding hydrogens is 471 g/mol. The zero-order chi connectivity index (χ0) is 25.9. The third kappa shape index (κ3) is 4.72. The predicted molar refractivity (Wildman–Crippen MR) is 141 cm³/mol. The van der Waals surface area contributed by atoms with Gasteiger partial charge in [0.2, 0.25) is 0 Å². The Morgan fingerprint density at radius 3 is 2.41 bits per heavy atom. The number of para-hydroxylation sites is 3. The number of benzene rings is 3. The van der Waals surface area contributed by atoms with E-state index < -0.39 is 5.82 Å². The number of carbonyl (C=O) groups is 1. The maximum Gasteiger partial charge on any atom is 0.266 e. The van der Waals surface area contributed by atoms with Crippen LogP contribution in [0.1, 0.15) is 36.1 Å². The number of hydrogen-bond acceptors (Lipinski definition) is 5. The smallest absolute Gasteiger partial charge is 0.266 e. The van der Waals surface area contributed by atoms with Crippen molar-refractivity contribution in [2.45, 2.75) is 19.9 Å². The Labute approximate surface area is 214 Å². The lowest BCUT2D eigenvalue weighted by atomic mass is 10.1. The van der Waals surface area contributed by atoms with E-state index in [1.54, 1.807) is 27.7 Å². The molecule has 5 rings (SSSR count). The van der Waals surface area contributed by atoms with Crippen molar-refractivity contribution >= 4 is 16.8 Å². The van der Waals surface area contributed by atoms with Crippen LogP contribution in [0, 0.1) is 5.82 Å². The molecule has 1 amide bonds. The Kier molecular flexibility index (Phi) is 7.01. The number of fused-ring (bicyclic) bond motifs is 1. The fourth-order valence-corrected chi connectivity index (χ4v) is 4.86. The zero-order valence-corrected chi connectivity index (χ0v) is 20.9. The van der Waals surface area contributed by atoms with E-state index in [1.807, 2.05) is 56.3 Å². The number of halogens is 1. The molecule has 1 unspecified atom stereocenters. The number of rotatable bonds is 6. The van der Waals surface area contributed by atoms with E-state index in [0.29, 0.717) is 61.0 Å². The average Bonchev–Trinajstić information content (AvgIpc) is 2.93. The molecule has 0 radical (unpaired) electrons. The van der Waals surface area contributed by atoms with Crippen LogP contribution in [0.2, 0.25) is 0 Å². The fraction of sp³-hybridized carbons (Fsp3) is 0.276. The normalized spacial score (nSPS) is 15.1. The van der Waals surface area contributed by atoms with Crippen LogP contribution in [0.15, 0.2) is 77.6 Å².